The monoisotopic (exact) mass is 240 g/mol. The van der Waals surface area contributed by atoms with E-state index in [2.05, 4.69) is 27.7 Å². The van der Waals surface area contributed by atoms with E-state index in [1.807, 2.05) is 4.90 Å². The Morgan fingerprint density at radius 2 is 2.06 bits per heavy atom. The Bertz CT molecular complexity index is 255. The van der Waals surface area contributed by atoms with E-state index in [4.69, 9.17) is 5.73 Å². The molecule has 0 saturated carbocycles. The van der Waals surface area contributed by atoms with Crippen molar-refractivity contribution >= 4 is 5.91 Å². The largest absolute Gasteiger partial charge is 0.338 e. The number of carbonyl (C=O) groups excluding carboxylic acids is 1. The van der Waals surface area contributed by atoms with Gasteiger partial charge in [-0.1, -0.05) is 33.6 Å². The van der Waals surface area contributed by atoms with Gasteiger partial charge in [0.05, 0.1) is 6.04 Å². The smallest absolute Gasteiger partial charge is 0.239 e. The van der Waals surface area contributed by atoms with Crippen molar-refractivity contribution in [1.29, 1.82) is 0 Å². The number of piperidine rings is 1. The van der Waals surface area contributed by atoms with Crippen LogP contribution in [0.4, 0.5) is 0 Å². The zero-order valence-corrected chi connectivity index (χ0v) is 11.8. The molecule has 0 aromatic heterocycles. The minimum absolute atomic E-state index is 0.157. The van der Waals surface area contributed by atoms with Gasteiger partial charge in [-0.2, -0.15) is 0 Å². The van der Waals surface area contributed by atoms with Crippen LogP contribution in [-0.4, -0.2) is 29.4 Å². The number of hydrogen-bond donors (Lipinski definition) is 1. The Labute approximate surface area is 106 Å². The number of amides is 1. The average Bonchev–Trinajstić information content (AvgIpc) is 2.29. The molecule has 0 radical (unpaired) electrons. The van der Waals surface area contributed by atoms with Gasteiger partial charge in [0, 0.05) is 12.6 Å². The molecule has 1 fully saturated rings. The Kier molecular flexibility index (Phi) is 5.44. The van der Waals surface area contributed by atoms with Crippen LogP contribution in [-0.2, 0) is 4.79 Å². The second-order valence-electron chi connectivity index (χ2n) is 5.80. The molecule has 0 aromatic rings. The molecule has 1 amide bonds. The van der Waals surface area contributed by atoms with Crippen LogP contribution in [0.5, 0.6) is 0 Å². The number of unbranched alkanes of at least 4 members (excludes halogenated alkanes) is 1. The van der Waals surface area contributed by atoms with E-state index in [1.54, 1.807) is 0 Å². The first-order valence-corrected chi connectivity index (χ1v) is 7.03. The first-order valence-electron chi connectivity index (χ1n) is 7.03. The van der Waals surface area contributed by atoms with Crippen molar-refractivity contribution in [3.63, 3.8) is 0 Å². The SMILES string of the molecule is CCCCC(N)C(=O)N1CC(C)CC(C)C1C. The molecule has 0 aromatic carbocycles. The van der Waals surface area contributed by atoms with E-state index in [9.17, 15) is 4.79 Å². The lowest BCUT2D eigenvalue weighted by Gasteiger charge is -2.42. The van der Waals surface area contributed by atoms with Crippen LogP contribution in [0.25, 0.3) is 0 Å². The third-order valence-corrected chi connectivity index (χ3v) is 4.07. The molecular weight excluding hydrogens is 212 g/mol. The highest BCUT2D eigenvalue weighted by atomic mass is 16.2. The summed E-state index contributed by atoms with van der Waals surface area (Å²) < 4.78 is 0. The van der Waals surface area contributed by atoms with Crippen molar-refractivity contribution in [1.82, 2.24) is 4.90 Å². The summed E-state index contributed by atoms with van der Waals surface area (Å²) in [6.07, 6.45) is 4.18. The molecule has 2 N–H and O–H groups in total. The molecule has 1 rings (SSSR count). The average molecular weight is 240 g/mol. The minimum atomic E-state index is -0.296. The highest BCUT2D eigenvalue weighted by Gasteiger charge is 2.33. The van der Waals surface area contributed by atoms with Gasteiger partial charge in [-0.05, 0) is 31.6 Å². The number of likely N-dealkylation sites (tertiary alicyclic amines) is 1. The summed E-state index contributed by atoms with van der Waals surface area (Å²) >= 11 is 0. The summed E-state index contributed by atoms with van der Waals surface area (Å²) in [6, 6.07) is 0.0428. The number of nitrogens with two attached hydrogens (primary N) is 1. The van der Waals surface area contributed by atoms with Gasteiger partial charge in [0.25, 0.3) is 0 Å². The van der Waals surface area contributed by atoms with Crippen molar-refractivity contribution in [2.24, 2.45) is 17.6 Å². The Morgan fingerprint density at radius 3 is 2.65 bits per heavy atom. The van der Waals surface area contributed by atoms with Crippen molar-refractivity contribution in [2.45, 2.75) is 65.5 Å². The van der Waals surface area contributed by atoms with Gasteiger partial charge in [-0.3, -0.25) is 4.79 Å². The third-order valence-electron chi connectivity index (χ3n) is 4.07. The number of hydrogen-bond acceptors (Lipinski definition) is 2. The molecule has 1 aliphatic rings. The molecule has 1 heterocycles. The number of rotatable bonds is 4. The van der Waals surface area contributed by atoms with Gasteiger partial charge >= 0.3 is 0 Å². The fourth-order valence-electron chi connectivity index (χ4n) is 2.77. The minimum Gasteiger partial charge on any atom is -0.338 e. The summed E-state index contributed by atoms with van der Waals surface area (Å²) in [4.78, 5) is 14.3. The van der Waals surface area contributed by atoms with E-state index < -0.39 is 0 Å². The van der Waals surface area contributed by atoms with Crippen molar-refractivity contribution < 1.29 is 4.79 Å². The van der Waals surface area contributed by atoms with E-state index >= 15 is 0 Å². The van der Waals surface area contributed by atoms with Gasteiger partial charge in [0.2, 0.25) is 5.91 Å². The van der Waals surface area contributed by atoms with Crippen molar-refractivity contribution in [3.05, 3.63) is 0 Å². The molecule has 1 saturated heterocycles. The maximum atomic E-state index is 12.3. The lowest BCUT2D eigenvalue weighted by molar-refractivity contribution is -0.138. The summed E-state index contributed by atoms with van der Waals surface area (Å²) in [6.45, 7) is 9.62. The van der Waals surface area contributed by atoms with Crippen LogP contribution in [0.3, 0.4) is 0 Å². The normalized spacial score (nSPS) is 31.4. The van der Waals surface area contributed by atoms with Crippen LogP contribution in [0.2, 0.25) is 0 Å². The lowest BCUT2D eigenvalue weighted by atomic mass is 9.85. The van der Waals surface area contributed by atoms with E-state index in [-0.39, 0.29) is 11.9 Å². The molecule has 0 spiro atoms. The first-order chi connectivity index (χ1) is 7.97. The van der Waals surface area contributed by atoms with E-state index in [0.29, 0.717) is 17.9 Å². The fraction of sp³-hybridized carbons (Fsp3) is 0.929. The molecule has 4 atom stereocenters. The second kappa shape index (κ2) is 6.39. The summed E-state index contributed by atoms with van der Waals surface area (Å²) in [7, 11) is 0. The summed E-state index contributed by atoms with van der Waals surface area (Å²) in [5.74, 6) is 1.34. The highest BCUT2D eigenvalue weighted by molar-refractivity contribution is 5.82. The van der Waals surface area contributed by atoms with Gasteiger partial charge in [-0.25, -0.2) is 0 Å². The van der Waals surface area contributed by atoms with Gasteiger partial charge in [0.1, 0.15) is 0 Å². The van der Waals surface area contributed by atoms with Crippen molar-refractivity contribution in [2.75, 3.05) is 6.54 Å². The molecule has 0 aliphatic carbocycles. The highest BCUT2D eigenvalue weighted by Crippen LogP contribution is 2.27. The molecule has 3 nitrogen and oxygen atoms in total. The number of nitrogens with zero attached hydrogens (tertiary/aromatic N) is 1. The maximum Gasteiger partial charge on any atom is 0.239 e. The second-order valence-corrected chi connectivity index (χ2v) is 5.80. The molecular formula is C14H28N2O. The van der Waals surface area contributed by atoms with Gasteiger partial charge in [0.15, 0.2) is 0 Å². The first kappa shape index (κ1) is 14.5. The third kappa shape index (κ3) is 3.70. The van der Waals surface area contributed by atoms with E-state index in [0.717, 1.165) is 25.8 Å². The topological polar surface area (TPSA) is 46.3 Å². The zero-order valence-electron chi connectivity index (χ0n) is 11.8. The van der Waals surface area contributed by atoms with Crippen LogP contribution >= 0.6 is 0 Å². The maximum absolute atomic E-state index is 12.3. The lowest BCUT2D eigenvalue weighted by Crippen LogP contribution is -2.54. The Hall–Kier alpha value is -0.570. The molecule has 100 valence electrons. The van der Waals surface area contributed by atoms with Gasteiger partial charge < -0.3 is 10.6 Å². The zero-order chi connectivity index (χ0) is 13.0. The predicted octanol–water partition coefficient (Wildman–Crippen LogP) is 2.40. The predicted molar refractivity (Wildman–Crippen MR) is 71.6 cm³/mol. The Morgan fingerprint density at radius 1 is 1.41 bits per heavy atom. The summed E-state index contributed by atoms with van der Waals surface area (Å²) in [5, 5.41) is 0. The quantitative estimate of drug-likeness (QED) is 0.820. The van der Waals surface area contributed by atoms with Crippen LogP contribution in [0.1, 0.15) is 53.4 Å². The standard InChI is InChI=1S/C14H28N2O/c1-5-6-7-13(15)14(17)16-9-10(2)8-11(3)12(16)4/h10-13H,5-9,15H2,1-4H3. The van der Waals surface area contributed by atoms with Crippen LogP contribution < -0.4 is 5.73 Å². The molecule has 17 heavy (non-hydrogen) atoms. The van der Waals surface area contributed by atoms with Crippen LogP contribution in [0, 0.1) is 11.8 Å². The molecule has 0 bridgehead atoms. The van der Waals surface area contributed by atoms with Gasteiger partial charge in [-0.15, -0.1) is 0 Å². The number of carbonyl (C=O) groups is 1. The Balaban J connectivity index is 2.60. The van der Waals surface area contributed by atoms with Crippen molar-refractivity contribution in [3.8, 4) is 0 Å². The molecule has 4 unspecified atom stereocenters. The summed E-state index contributed by atoms with van der Waals surface area (Å²) in [5.41, 5.74) is 6.00. The van der Waals surface area contributed by atoms with E-state index in [1.165, 1.54) is 6.42 Å². The van der Waals surface area contributed by atoms with Crippen LogP contribution in [0.15, 0.2) is 0 Å². The molecule has 3 heteroatoms. The molecule has 1 aliphatic heterocycles. The fourth-order valence-corrected chi connectivity index (χ4v) is 2.77.